The zero-order valence-electron chi connectivity index (χ0n) is 19.6. The van der Waals surface area contributed by atoms with Crippen molar-refractivity contribution in [2.45, 2.75) is 19.3 Å². The van der Waals surface area contributed by atoms with E-state index < -0.39 is 5.91 Å². The molecule has 0 saturated carbocycles. The number of halogens is 2. The van der Waals surface area contributed by atoms with Gasteiger partial charge in [0.1, 0.15) is 5.75 Å². The highest BCUT2D eigenvalue weighted by Gasteiger charge is 2.08. The van der Waals surface area contributed by atoms with Crippen molar-refractivity contribution in [3.8, 4) is 17.2 Å². The van der Waals surface area contributed by atoms with E-state index >= 15 is 0 Å². The fraction of sp³-hybridized carbons (Fsp3) is 0.192. The number of methoxy groups -OCH3 is 1. The number of aromatic nitrogens is 1. The lowest BCUT2D eigenvalue weighted by Crippen LogP contribution is -2.11. The van der Waals surface area contributed by atoms with Gasteiger partial charge < -0.3 is 25.1 Å². The van der Waals surface area contributed by atoms with Crippen LogP contribution in [0.4, 0.5) is 0 Å². The minimum absolute atomic E-state index is 0.0535. The summed E-state index contributed by atoms with van der Waals surface area (Å²) in [5.74, 6) is 0.500. The molecule has 36 heavy (non-hydrogen) atoms. The Morgan fingerprint density at radius 3 is 2.42 bits per heavy atom. The zero-order chi connectivity index (χ0) is 26.5. The predicted molar refractivity (Wildman–Crippen MR) is 138 cm³/mol. The summed E-state index contributed by atoms with van der Waals surface area (Å²) in [6.07, 6.45) is 4.53. The number of allylic oxidation sites excluding steroid dienone is 1. The van der Waals surface area contributed by atoms with E-state index in [2.05, 4.69) is 16.3 Å². The lowest BCUT2D eigenvalue weighted by molar-refractivity contribution is -0.140. The van der Waals surface area contributed by atoms with E-state index in [0.717, 1.165) is 5.56 Å². The molecule has 0 aliphatic heterocycles. The summed E-state index contributed by atoms with van der Waals surface area (Å²) in [6.45, 7) is 3.99. The number of pyridine rings is 1. The smallest absolute Gasteiger partial charge is 0.305 e. The monoisotopic (exact) mass is 532 g/mol. The molecule has 2 aromatic carbocycles. The van der Waals surface area contributed by atoms with Crippen LogP contribution in [-0.2, 0) is 16.0 Å². The van der Waals surface area contributed by atoms with Crippen molar-refractivity contribution >= 4 is 35.1 Å². The predicted octanol–water partition coefficient (Wildman–Crippen LogP) is 5.35. The van der Waals surface area contributed by atoms with Crippen molar-refractivity contribution in [2.75, 3.05) is 13.7 Å². The Balaban J connectivity index is 0.000000269. The van der Waals surface area contributed by atoms with Gasteiger partial charge in [0, 0.05) is 40.8 Å². The van der Waals surface area contributed by atoms with Crippen molar-refractivity contribution < 1.29 is 28.9 Å². The number of aromatic hydroxyl groups is 1. The average Bonchev–Trinajstić information content (AvgIpc) is 2.85. The molecule has 0 aliphatic carbocycles. The number of benzene rings is 2. The summed E-state index contributed by atoms with van der Waals surface area (Å²) < 4.78 is 15.3. The van der Waals surface area contributed by atoms with Gasteiger partial charge in [-0.15, -0.1) is 0 Å². The van der Waals surface area contributed by atoms with Crippen LogP contribution in [0.2, 0.25) is 10.0 Å². The largest absolute Gasteiger partial charge is 0.504 e. The minimum atomic E-state index is -0.583. The van der Waals surface area contributed by atoms with E-state index in [1.54, 1.807) is 36.7 Å². The van der Waals surface area contributed by atoms with E-state index in [0.29, 0.717) is 34.4 Å². The molecule has 3 aromatic rings. The third-order valence-electron chi connectivity index (χ3n) is 4.64. The van der Waals surface area contributed by atoms with Gasteiger partial charge in [0.25, 0.3) is 0 Å². The average molecular weight is 533 g/mol. The molecule has 10 heteroatoms. The van der Waals surface area contributed by atoms with Crippen LogP contribution in [0.3, 0.4) is 0 Å². The molecule has 0 radical (unpaired) electrons. The van der Waals surface area contributed by atoms with Crippen LogP contribution < -0.4 is 15.2 Å². The molecule has 0 aliphatic rings. The van der Waals surface area contributed by atoms with Gasteiger partial charge in [-0.1, -0.05) is 35.8 Å². The van der Waals surface area contributed by atoms with Crippen LogP contribution in [0, 0.1) is 0 Å². The molecule has 0 spiro atoms. The van der Waals surface area contributed by atoms with E-state index in [4.69, 9.17) is 38.4 Å². The molecule has 3 rings (SSSR count). The second-order valence-electron chi connectivity index (χ2n) is 7.28. The van der Waals surface area contributed by atoms with Gasteiger partial charge in [-0.05, 0) is 48.0 Å². The summed E-state index contributed by atoms with van der Waals surface area (Å²) in [6, 6.07) is 12.9. The van der Waals surface area contributed by atoms with Gasteiger partial charge in [-0.3, -0.25) is 14.6 Å². The second-order valence-corrected chi connectivity index (χ2v) is 8.12. The number of amides is 1. The summed E-state index contributed by atoms with van der Waals surface area (Å²) in [4.78, 5) is 25.8. The standard InChI is InChI=1S/C15H13Cl2NO3.C11H13NO3/c16-11-3-1-9(12(17)8-11)5-6-21-14-7-10(15(18)20)2-4-13(14)19;1-9(3-4-11(13)14-2)15-10-5-7-12-8-6-10/h1-4,7-8,19H,5-6H2,(H2,18,20);5-8H,1,3-4H2,2H3. The Labute approximate surface area is 219 Å². The maximum absolute atomic E-state index is 11.1. The van der Waals surface area contributed by atoms with Gasteiger partial charge >= 0.3 is 5.97 Å². The first kappa shape index (κ1) is 28.5. The Bertz CT molecular complexity index is 1190. The summed E-state index contributed by atoms with van der Waals surface area (Å²) >= 11 is 11.9. The topological polar surface area (TPSA) is 121 Å². The number of phenolic OH excluding ortho intramolecular Hbond substituents is 1. The fourth-order valence-electron chi connectivity index (χ4n) is 2.75. The molecule has 0 bridgehead atoms. The maximum Gasteiger partial charge on any atom is 0.305 e. The van der Waals surface area contributed by atoms with E-state index in [1.165, 1.54) is 25.3 Å². The number of carbonyl (C=O) groups is 2. The molecule has 190 valence electrons. The quantitative estimate of drug-likeness (QED) is 0.266. The Hall–Kier alpha value is -3.75. The number of primary amides is 1. The van der Waals surface area contributed by atoms with Crippen LogP contribution in [-0.4, -0.2) is 35.7 Å². The highest BCUT2D eigenvalue weighted by Crippen LogP contribution is 2.27. The second kappa shape index (κ2) is 14.6. The molecule has 8 nitrogen and oxygen atoms in total. The molecule has 0 atom stereocenters. The summed E-state index contributed by atoms with van der Waals surface area (Å²) in [5.41, 5.74) is 6.33. The number of nitrogens with two attached hydrogens (primary N) is 1. The third kappa shape index (κ3) is 9.85. The summed E-state index contributed by atoms with van der Waals surface area (Å²) in [5, 5.41) is 10.8. The van der Waals surface area contributed by atoms with Crippen molar-refractivity contribution in [3.05, 3.63) is 94.4 Å². The van der Waals surface area contributed by atoms with Gasteiger partial charge in [0.2, 0.25) is 5.91 Å². The minimum Gasteiger partial charge on any atom is -0.504 e. The van der Waals surface area contributed by atoms with Gasteiger partial charge in [0.15, 0.2) is 11.5 Å². The normalized spacial score (nSPS) is 9.97. The number of phenols is 1. The maximum atomic E-state index is 11.1. The highest BCUT2D eigenvalue weighted by atomic mass is 35.5. The first-order valence-corrected chi connectivity index (χ1v) is 11.5. The number of esters is 1. The number of nitrogens with zero attached hydrogens (tertiary/aromatic N) is 1. The number of rotatable bonds is 10. The van der Waals surface area contributed by atoms with Crippen molar-refractivity contribution in [1.29, 1.82) is 0 Å². The van der Waals surface area contributed by atoms with Crippen LogP contribution in [0.1, 0.15) is 28.8 Å². The molecule has 1 aromatic heterocycles. The molecule has 0 unspecified atom stereocenters. The van der Waals surface area contributed by atoms with E-state index in [9.17, 15) is 14.7 Å². The van der Waals surface area contributed by atoms with Gasteiger partial charge in [0.05, 0.1) is 25.9 Å². The molecule has 3 N–H and O–H groups in total. The summed E-state index contributed by atoms with van der Waals surface area (Å²) in [7, 11) is 1.36. The van der Waals surface area contributed by atoms with Crippen molar-refractivity contribution in [1.82, 2.24) is 4.98 Å². The van der Waals surface area contributed by atoms with Crippen LogP contribution >= 0.6 is 23.2 Å². The fourth-order valence-corrected chi connectivity index (χ4v) is 3.25. The Morgan fingerprint density at radius 2 is 1.78 bits per heavy atom. The molecular weight excluding hydrogens is 507 g/mol. The van der Waals surface area contributed by atoms with Crippen molar-refractivity contribution in [2.24, 2.45) is 5.73 Å². The number of hydrogen-bond donors (Lipinski definition) is 2. The molecule has 1 amide bonds. The number of ether oxygens (including phenoxy) is 3. The van der Waals surface area contributed by atoms with Crippen LogP contribution in [0.15, 0.2) is 73.3 Å². The Kier molecular flexibility index (Phi) is 11.6. The lowest BCUT2D eigenvalue weighted by Gasteiger charge is -2.10. The molecule has 1 heterocycles. The first-order chi connectivity index (χ1) is 17.2. The Morgan fingerprint density at radius 1 is 1.06 bits per heavy atom. The lowest BCUT2D eigenvalue weighted by atomic mass is 10.1. The highest BCUT2D eigenvalue weighted by molar-refractivity contribution is 6.35. The number of hydrogen-bond acceptors (Lipinski definition) is 7. The first-order valence-electron chi connectivity index (χ1n) is 10.7. The van der Waals surface area contributed by atoms with E-state index in [-0.39, 0.29) is 36.1 Å². The van der Waals surface area contributed by atoms with Gasteiger partial charge in [-0.25, -0.2) is 0 Å². The van der Waals surface area contributed by atoms with Crippen molar-refractivity contribution in [3.63, 3.8) is 0 Å². The van der Waals surface area contributed by atoms with Crippen LogP contribution in [0.25, 0.3) is 0 Å². The third-order valence-corrected chi connectivity index (χ3v) is 5.22. The number of carbonyl (C=O) groups excluding carboxylic acids is 2. The van der Waals surface area contributed by atoms with Crippen LogP contribution in [0.5, 0.6) is 17.2 Å². The molecule has 0 fully saturated rings. The molecular formula is C26H26Cl2N2O6. The SMILES string of the molecule is C=C(CCC(=O)OC)Oc1ccncc1.NC(=O)c1ccc(O)c(OCCc2ccc(Cl)cc2Cl)c1. The van der Waals surface area contributed by atoms with E-state index in [1.807, 2.05) is 6.07 Å². The molecule has 0 saturated heterocycles. The van der Waals surface area contributed by atoms with Gasteiger partial charge in [-0.2, -0.15) is 0 Å². The zero-order valence-corrected chi connectivity index (χ0v) is 21.1.